The molecule has 34 heavy (non-hydrogen) atoms. The van der Waals surface area contributed by atoms with Crippen molar-refractivity contribution in [3.8, 4) is 28.5 Å². The smallest absolute Gasteiger partial charge is 0.492 e. The number of carboxylic acid groups (broad SMARTS) is 1. The van der Waals surface area contributed by atoms with Gasteiger partial charge in [-0.05, 0) is 43.7 Å². The Labute approximate surface area is 192 Å². The monoisotopic (exact) mass is 468 g/mol. The zero-order valence-electron chi connectivity index (χ0n) is 18.0. The van der Waals surface area contributed by atoms with Crippen molar-refractivity contribution >= 4 is 17.7 Å². The lowest BCUT2D eigenvalue weighted by atomic mass is 9.83. The predicted octanol–water partition coefficient (Wildman–Crippen LogP) is 4.37. The summed E-state index contributed by atoms with van der Waals surface area (Å²) in [5.74, 6) is -1.37. The van der Waals surface area contributed by atoms with Gasteiger partial charge in [-0.3, -0.25) is 4.79 Å². The van der Waals surface area contributed by atoms with E-state index in [4.69, 9.17) is 4.74 Å². The molecule has 8 nitrogen and oxygen atoms in total. The molecule has 0 radical (unpaired) electrons. The molecule has 0 fully saturated rings. The topological polar surface area (TPSA) is 107 Å². The Morgan fingerprint density at radius 3 is 2.53 bits per heavy atom. The molecule has 10 heteroatoms. The molecule has 2 aliphatic rings. The van der Waals surface area contributed by atoms with Crippen LogP contribution in [0.4, 0.5) is 14.6 Å². The second kappa shape index (κ2) is 7.41. The Bertz CT molecular complexity index is 1360. The molecule has 2 aromatic carbocycles. The van der Waals surface area contributed by atoms with Crippen molar-refractivity contribution in [2.75, 3.05) is 11.9 Å². The van der Waals surface area contributed by atoms with E-state index in [1.54, 1.807) is 31.2 Å². The summed E-state index contributed by atoms with van der Waals surface area (Å²) in [7, 11) is 0. The molecule has 0 spiro atoms. The number of halogens is 2. The first-order valence-electron chi connectivity index (χ1n) is 10.3. The first-order chi connectivity index (χ1) is 16.1. The van der Waals surface area contributed by atoms with Crippen molar-refractivity contribution < 1.29 is 37.7 Å². The maximum absolute atomic E-state index is 13.4. The average Bonchev–Trinajstić information content (AvgIpc) is 3.28. The van der Waals surface area contributed by atoms with E-state index in [1.165, 1.54) is 24.3 Å². The van der Waals surface area contributed by atoms with Gasteiger partial charge in [0.15, 0.2) is 11.5 Å². The zero-order chi connectivity index (χ0) is 24.3. The van der Waals surface area contributed by atoms with Crippen LogP contribution in [0.1, 0.15) is 28.4 Å². The van der Waals surface area contributed by atoms with Crippen LogP contribution in [-0.4, -0.2) is 34.9 Å². The van der Waals surface area contributed by atoms with Gasteiger partial charge < -0.3 is 24.6 Å². The van der Waals surface area contributed by atoms with Crippen LogP contribution in [0, 0.1) is 6.92 Å². The Kier molecular flexibility index (Phi) is 4.71. The van der Waals surface area contributed by atoms with Crippen molar-refractivity contribution in [1.82, 2.24) is 4.98 Å². The molecular weight excluding hydrogens is 450 g/mol. The van der Waals surface area contributed by atoms with Crippen LogP contribution in [0.25, 0.3) is 11.3 Å². The third-order valence-electron chi connectivity index (χ3n) is 5.84. The summed E-state index contributed by atoms with van der Waals surface area (Å²) >= 11 is 0. The summed E-state index contributed by atoms with van der Waals surface area (Å²) in [4.78, 5) is 29.1. The molecular formula is C24H18F2N2O6. The lowest BCUT2D eigenvalue weighted by molar-refractivity contribution is -0.286. The van der Waals surface area contributed by atoms with Gasteiger partial charge in [0.2, 0.25) is 5.91 Å². The number of carboxylic acids is 1. The molecule has 0 aliphatic carbocycles. The maximum Gasteiger partial charge on any atom is 0.586 e. The fraction of sp³-hybridized carbons (Fsp3) is 0.208. The van der Waals surface area contributed by atoms with Crippen LogP contribution in [-0.2, 0) is 10.2 Å². The second-order valence-corrected chi connectivity index (χ2v) is 8.29. The number of aryl methyl sites for hydroxylation is 1. The van der Waals surface area contributed by atoms with E-state index in [0.29, 0.717) is 16.8 Å². The number of ether oxygens (including phenoxy) is 3. The van der Waals surface area contributed by atoms with Gasteiger partial charge >= 0.3 is 12.3 Å². The number of hydrogen-bond donors (Lipinski definition) is 2. The highest BCUT2D eigenvalue weighted by atomic mass is 19.3. The number of fused-ring (bicyclic) bond motifs is 2. The highest BCUT2D eigenvalue weighted by molar-refractivity contribution is 6.00. The number of rotatable bonds is 4. The quantitative estimate of drug-likeness (QED) is 0.586. The van der Waals surface area contributed by atoms with E-state index in [1.807, 2.05) is 6.92 Å². The number of alkyl halides is 2. The average molecular weight is 468 g/mol. The number of hydrogen-bond acceptors (Lipinski definition) is 6. The van der Waals surface area contributed by atoms with Crippen LogP contribution < -0.4 is 19.5 Å². The number of amides is 1. The van der Waals surface area contributed by atoms with Gasteiger partial charge in [0.1, 0.15) is 23.6 Å². The van der Waals surface area contributed by atoms with Gasteiger partial charge in [-0.2, -0.15) is 0 Å². The van der Waals surface area contributed by atoms with Gasteiger partial charge in [0, 0.05) is 17.2 Å². The summed E-state index contributed by atoms with van der Waals surface area (Å²) in [5.41, 5.74) is 1.18. The van der Waals surface area contributed by atoms with E-state index < -0.39 is 23.6 Å². The molecule has 3 heterocycles. The number of pyridine rings is 1. The lowest BCUT2D eigenvalue weighted by Gasteiger charge is -2.22. The molecule has 0 unspecified atom stereocenters. The number of carbonyl (C=O) groups excluding carboxylic acids is 1. The minimum absolute atomic E-state index is 0.0210. The fourth-order valence-electron chi connectivity index (χ4n) is 3.96. The Hall–Kier alpha value is -4.21. The minimum Gasteiger partial charge on any atom is -0.492 e. The molecule has 0 saturated carbocycles. The summed E-state index contributed by atoms with van der Waals surface area (Å²) in [6.45, 7) is 3.43. The molecule has 3 aromatic rings. The minimum atomic E-state index is -3.78. The number of benzene rings is 2. The van der Waals surface area contributed by atoms with Crippen LogP contribution in [0.5, 0.6) is 17.2 Å². The van der Waals surface area contributed by atoms with E-state index >= 15 is 0 Å². The van der Waals surface area contributed by atoms with Crippen LogP contribution in [0.2, 0.25) is 0 Å². The van der Waals surface area contributed by atoms with Gasteiger partial charge in [-0.15, -0.1) is 8.78 Å². The number of nitrogens with one attached hydrogen (secondary N) is 1. The van der Waals surface area contributed by atoms with Crippen molar-refractivity contribution in [3.05, 3.63) is 65.2 Å². The van der Waals surface area contributed by atoms with Gasteiger partial charge in [-0.1, -0.05) is 18.2 Å². The van der Waals surface area contributed by atoms with Crippen LogP contribution in [0.15, 0.2) is 48.5 Å². The zero-order valence-corrected chi connectivity index (χ0v) is 18.0. The molecule has 174 valence electrons. The molecule has 1 atom stereocenters. The molecule has 0 bridgehead atoms. The standard InChI is InChI=1S/C24H18F2N2O6/c1-12-6-7-19(27-20(12)13-4-3-5-14(8-13)21(29)30)28-22(31)23(2)11-32-16-10-18-17(9-15(16)23)33-24(25,26)34-18/h3-10H,11H2,1-2H3,(H,29,30)(H,27,28,31)/t23-/m1/s1. The SMILES string of the molecule is Cc1ccc(NC(=O)[C@]2(C)COc3cc4c(cc32)OC(F)(F)O4)nc1-c1cccc(C(=O)O)c1. The summed E-state index contributed by atoms with van der Waals surface area (Å²) < 4.78 is 41.4. The fourth-order valence-corrected chi connectivity index (χ4v) is 3.96. The van der Waals surface area contributed by atoms with Crippen molar-refractivity contribution in [3.63, 3.8) is 0 Å². The van der Waals surface area contributed by atoms with E-state index in [0.717, 1.165) is 5.56 Å². The molecule has 2 aliphatic heterocycles. The third-order valence-corrected chi connectivity index (χ3v) is 5.84. The van der Waals surface area contributed by atoms with Crippen molar-refractivity contribution in [2.45, 2.75) is 25.6 Å². The molecule has 1 amide bonds. The first kappa shape index (κ1) is 21.6. The number of anilines is 1. The van der Waals surface area contributed by atoms with Crippen LogP contribution >= 0.6 is 0 Å². The highest BCUT2D eigenvalue weighted by Crippen LogP contribution is 2.50. The molecule has 2 N–H and O–H groups in total. The molecule has 0 saturated heterocycles. The highest BCUT2D eigenvalue weighted by Gasteiger charge is 2.49. The maximum atomic E-state index is 13.4. The summed E-state index contributed by atoms with van der Waals surface area (Å²) in [5, 5.41) is 12.0. The van der Waals surface area contributed by atoms with Crippen molar-refractivity contribution in [1.29, 1.82) is 0 Å². The summed E-state index contributed by atoms with van der Waals surface area (Å²) in [6, 6.07) is 12.3. The second-order valence-electron chi connectivity index (χ2n) is 8.29. The Morgan fingerprint density at radius 1 is 1.06 bits per heavy atom. The lowest BCUT2D eigenvalue weighted by Crippen LogP contribution is -2.39. The Morgan fingerprint density at radius 2 is 1.79 bits per heavy atom. The molecule has 5 rings (SSSR count). The summed E-state index contributed by atoms with van der Waals surface area (Å²) in [6.07, 6.45) is -3.78. The number of aromatic nitrogens is 1. The normalized spacial score (nSPS) is 19.3. The van der Waals surface area contributed by atoms with Gasteiger partial charge in [0.25, 0.3) is 0 Å². The largest absolute Gasteiger partial charge is 0.586 e. The first-order valence-corrected chi connectivity index (χ1v) is 10.3. The van der Waals surface area contributed by atoms with E-state index in [9.17, 15) is 23.5 Å². The third kappa shape index (κ3) is 3.57. The number of carbonyl (C=O) groups is 2. The van der Waals surface area contributed by atoms with E-state index in [-0.39, 0.29) is 35.2 Å². The Balaban J connectivity index is 1.44. The van der Waals surface area contributed by atoms with E-state index in [2.05, 4.69) is 19.8 Å². The number of aromatic carboxylic acids is 1. The van der Waals surface area contributed by atoms with Crippen LogP contribution in [0.3, 0.4) is 0 Å². The van der Waals surface area contributed by atoms with Gasteiger partial charge in [-0.25, -0.2) is 9.78 Å². The van der Waals surface area contributed by atoms with Gasteiger partial charge in [0.05, 0.1) is 11.3 Å². The van der Waals surface area contributed by atoms with Crippen molar-refractivity contribution in [2.24, 2.45) is 0 Å². The molecule has 1 aromatic heterocycles. The number of nitrogens with zero attached hydrogens (tertiary/aromatic N) is 1. The predicted molar refractivity (Wildman–Crippen MR) is 115 cm³/mol.